The van der Waals surface area contributed by atoms with E-state index in [-0.39, 0.29) is 0 Å². The molecule has 38 heavy (non-hydrogen) atoms. The molecule has 0 aliphatic carbocycles. The molecule has 3 aromatic carbocycles. The van der Waals surface area contributed by atoms with Crippen LogP contribution in [-0.4, -0.2) is 49.1 Å². The quantitative estimate of drug-likeness (QED) is 0.250. The minimum absolute atomic E-state index is 0.330. The number of ether oxygens (including phenoxy) is 2. The Morgan fingerprint density at radius 3 is 2.50 bits per heavy atom. The molecule has 0 radical (unpaired) electrons. The minimum Gasteiger partial charge on any atom is -0.465 e. The van der Waals surface area contributed by atoms with Gasteiger partial charge in [-0.05, 0) is 54.1 Å². The van der Waals surface area contributed by atoms with Gasteiger partial charge in [0.1, 0.15) is 17.1 Å². The molecule has 0 bridgehead atoms. The first-order chi connectivity index (χ1) is 18.2. The van der Waals surface area contributed by atoms with Gasteiger partial charge >= 0.3 is 12.1 Å². The van der Waals surface area contributed by atoms with Gasteiger partial charge in [-0.3, -0.25) is 4.90 Å². The highest BCUT2D eigenvalue weighted by Gasteiger charge is 2.31. The van der Waals surface area contributed by atoms with Crippen molar-refractivity contribution in [1.82, 2.24) is 9.88 Å². The van der Waals surface area contributed by atoms with Gasteiger partial charge in [0.05, 0.1) is 12.7 Å². The van der Waals surface area contributed by atoms with Crippen molar-refractivity contribution in [1.29, 1.82) is 0 Å². The van der Waals surface area contributed by atoms with Crippen molar-refractivity contribution in [3.63, 3.8) is 0 Å². The maximum Gasteiger partial charge on any atom is 0.416 e. The standard InChI is InChI=1S/C28H25BrF3N3O3/c1-37-27(36)23-6-4-21(16-26(23)38-22-5-7-25-18(14-22)8-9-33-25)35-12-10-34(11-13-35)17-19-2-3-20(15-24(19)29)28(30,31)32/h2-9,14-16,33H,10-13,17H2,1H3. The molecule has 2 heterocycles. The molecular formula is C28H25BrF3N3O3. The maximum atomic E-state index is 13.0. The van der Waals surface area contributed by atoms with Crippen LogP contribution in [0.1, 0.15) is 21.5 Å². The molecule has 0 unspecified atom stereocenters. The fourth-order valence-electron chi connectivity index (χ4n) is 4.55. The number of benzene rings is 3. The van der Waals surface area contributed by atoms with Gasteiger partial charge in [-0.1, -0.05) is 22.0 Å². The molecule has 6 nitrogen and oxygen atoms in total. The minimum atomic E-state index is -4.37. The van der Waals surface area contributed by atoms with Gasteiger partial charge in [0, 0.05) is 66.1 Å². The van der Waals surface area contributed by atoms with Crippen LogP contribution < -0.4 is 9.64 Å². The zero-order valence-electron chi connectivity index (χ0n) is 20.5. The molecule has 1 saturated heterocycles. The van der Waals surface area contributed by atoms with E-state index < -0.39 is 17.7 Å². The third-order valence-corrected chi connectivity index (χ3v) is 7.37. The van der Waals surface area contributed by atoms with Crippen LogP contribution in [0.2, 0.25) is 0 Å². The van der Waals surface area contributed by atoms with Crippen molar-refractivity contribution in [3.05, 3.63) is 88.0 Å². The molecule has 0 atom stereocenters. The van der Waals surface area contributed by atoms with E-state index in [4.69, 9.17) is 9.47 Å². The second-order valence-corrected chi connectivity index (χ2v) is 9.92. The van der Waals surface area contributed by atoms with Gasteiger partial charge in [-0.25, -0.2) is 4.79 Å². The number of nitrogens with zero attached hydrogens (tertiary/aromatic N) is 2. The average molecular weight is 588 g/mol. The average Bonchev–Trinajstić information content (AvgIpc) is 3.37. The Morgan fingerprint density at radius 1 is 1.00 bits per heavy atom. The van der Waals surface area contributed by atoms with Crippen LogP contribution in [-0.2, 0) is 17.5 Å². The first-order valence-corrected chi connectivity index (χ1v) is 12.8. The van der Waals surface area contributed by atoms with E-state index in [2.05, 4.69) is 30.7 Å². The fraction of sp³-hybridized carbons (Fsp3) is 0.250. The van der Waals surface area contributed by atoms with Crippen molar-refractivity contribution in [2.45, 2.75) is 12.7 Å². The summed E-state index contributed by atoms with van der Waals surface area (Å²) in [6.07, 6.45) is -2.52. The summed E-state index contributed by atoms with van der Waals surface area (Å²) in [6, 6.07) is 16.8. The molecule has 0 spiro atoms. The van der Waals surface area contributed by atoms with Crippen LogP contribution in [0, 0.1) is 0 Å². The van der Waals surface area contributed by atoms with E-state index in [1.165, 1.54) is 13.2 Å². The molecule has 0 amide bonds. The molecule has 4 aromatic rings. The Kier molecular flexibility index (Phi) is 7.36. The summed E-state index contributed by atoms with van der Waals surface area (Å²) in [6.45, 7) is 3.43. The molecule has 5 rings (SSSR count). The second-order valence-electron chi connectivity index (χ2n) is 9.07. The van der Waals surface area contributed by atoms with E-state index >= 15 is 0 Å². The predicted octanol–water partition coefficient (Wildman–Crippen LogP) is 6.85. The number of carbonyl (C=O) groups is 1. The number of methoxy groups -OCH3 is 1. The molecule has 1 aliphatic rings. The molecule has 1 aromatic heterocycles. The predicted molar refractivity (Wildman–Crippen MR) is 143 cm³/mol. The number of nitrogens with one attached hydrogen (secondary N) is 1. The largest absolute Gasteiger partial charge is 0.465 e. The number of aromatic nitrogens is 1. The number of esters is 1. The number of rotatable bonds is 6. The van der Waals surface area contributed by atoms with Crippen LogP contribution >= 0.6 is 15.9 Å². The summed E-state index contributed by atoms with van der Waals surface area (Å²) in [4.78, 5) is 20.0. The molecule has 1 N–H and O–H groups in total. The van der Waals surface area contributed by atoms with Crippen molar-refractivity contribution in [2.75, 3.05) is 38.2 Å². The number of alkyl halides is 3. The number of hydrogen-bond donors (Lipinski definition) is 1. The van der Waals surface area contributed by atoms with Crippen LogP contribution in [0.5, 0.6) is 11.5 Å². The Hall–Kier alpha value is -3.50. The first-order valence-electron chi connectivity index (χ1n) is 12.0. The maximum absolute atomic E-state index is 13.0. The number of carbonyl (C=O) groups excluding carboxylic acids is 1. The lowest BCUT2D eigenvalue weighted by Crippen LogP contribution is -2.46. The second kappa shape index (κ2) is 10.7. The van der Waals surface area contributed by atoms with Crippen LogP contribution in [0.25, 0.3) is 10.9 Å². The number of piperazine rings is 1. The number of hydrogen-bond acceptors (Lipinski definition) is 5. The normalized spacial score (nSPS) is 14.6. The third-order valence-electron chi connectivity index (χ3n) is 6.63. The van der Waals surface area contributed by atoms with E-state index in [1.54, 1.807) is 6.07 Å². The van der Waals surface area contributed by atoms with Crippen molar-refractivity contribution >= 4 is 38.5 Å². The van der Waals surface area contributed by atoms with Crippen molar-refractivity contribution < 1.29 is 27.4 Å². The number of fused-ring (bicyclic) bond motifs is 1. The van der Waals surface area contributed by atoms with Crippen LogP contribution in [0.4, 0.5) is 18.9 Å². The number of aromatic amines is 1. The van der Waals surface area contributed by atoms with Gasteiger partial charge < -0.3 is 19.4 Å². The molecule has 1 fully saturated rings. The van der Waals surface area contributed by atoms with Crippen LogP contribution in [0.15, 0.2) is 71.3 Å². The molecule has 1 aliphatic heterocycles. The topological polar surface area (TPSA) is 57.8 Å². The van der Waals surface area contributed by atoms with Gasteiger partial charge in [-0.2, -0.15) is 13.2 Å². The Bertz CT molecular complexity index is 1460. The highest BCUT2D eigenvalue weighted by molar-refractivity contribution is 9.10. The van der Waals surface area contributed by atoms with Crippen molar-refractivity contribution in [3.8, 4) is 11.5 Å². The summed E-state index contributed by atoms with van der Waals surface area (Å²) in [5.41, 5.74) is 2.37. The van der Waals surface area contributed by atoms with E-state index in [9.17, 15) is 18.0 Å². The van der Waals surface area contributed by atoms with Crippen molar-refractivity contribution in [2.24, 2.45) is 0 Å². The lowest BCUT2D eigenvalue weighted by molar-refractivity contribution is -0.137. The number of anilines is 1. The highest BCUT2D eigenvalue weighted by atomic mass is 79.9. The monoisotopic (exact) mass is 587 g/mol. The van der Waals surface area contributed by atoms with Gasteiger partial charge in [0.15, 0.2) is 0 Å². The summed E-state index contributed by atoms with van der Waals surface area (Å²) in [5, 5.41) is 0.995. The Morgan fingerprint density at radius 2 is 1.79 bits per heavy atom. The van der Waals surface area contributed by atoms with E-state index in [0.29, 0.717) is 41.2 Å². The van der Waals surface area contributed by atoms with E-state index in [1.807, 2.05) is 42.6 Å². The zero-order chi connectivity index (χ0) is 26.9. The summed E-state index contributed by atoms with van der Waals surface area (Å²) in [7, 11) is 1.33. The fourth-order valence-corrected chi connectivity index (χ4v) is 5.05. The summed E-state index contributed by atoms with van der Waals surface area (Å²) < 4.78 is 50.5. The Labute approximate surface area is 226 Å². The lowest BCUT2D eigenvalue weighted by atomic mass is 10.1. The molecule has 0 saturated carbocycles. The SMILES string of the molecule is COC(=O)c1ccc(N2CCN(Cc3ccc(C(F)(F)F)cc3Br)CC2)cc1Oc1ccc2[nH]ccc2c1. The third kappa shape index (κ3) is 5.66. The smallest absolute Gasteiger partial charge is 0.416 e. The molecular weight excluding hydrogens is 563 g/mol. The molecule has 198 valence electrons. The highest BCUT2D eigenvalue weighted by Crippen LogP contribution is 2.34. The van der Waals surface area contributed by atoms with Crippen LogP contribution in [0.3, 0.4) is 0 Å². The summed E-state index contributed by atoms with van der Waals surface area (Å²) in [5.74, 6) is 0.521. The summed E-state index contributed by atoms with van der Waals surface area (Å²) >= 11 is 3.29. The van der Waals surface area contributed by atoms with Gasteiger partial charge in [0.2, 0.25) is 0 Å². The first kappa shape index (κ1) is 26.1. The van der Waals surface area contributed by atoms with E-state index in [0.717, 1.165) is 47.4 Å². The zero-order valence-corrected chi connectivity index (χ0v) is 22.1. The lowest BCUT2D eigenvalue weighted by Gasteiger charge is -2.36. The Balaban J connectivity index is 1.29. The molecule has 10 heteroatoms. The number of H-pyrrole nitrogens is 1. The van der Waals surface area contributed by atoms with Gasteiger partial charge in [0.25, 0.3) is 0 Å². The van der Waals surface area contributed by atoms with Gasteiger partial charge in [-0.15, -0.1) is 0 Å². The number of halogens is 4.